The highest BCUT2D eigenvalue weighted by molar-refractivity contribution is 5.80. The Labute approximate surface area is 147 Å². The van der Waals surface area contributed by atoms with Gasteiger partial charge in [-0.15, -0.1) is 0 Å². The van der Waals surface area contributed by atoms with E-state index in [9.17, 15) is 0 Å². The van der Waals surface area contributed by atoms with Gasteiger partial charge in [0, 0.05) is 50.7 Å². The molecule has 1 aliphatic rings. The SMILES string of the molecule is CCNC(=NCCc1ccncc1C)NC1CN(C(C)C)CC1C. The number of aliphatic imine (C=N–C) groups is 1. The highest BCUT2D eigenvalue weighted by Gasteiger charge is 2.31. The Kier molecular flexibility index (Phi) is 7.03. The fraction of sp³-hybridized carbons (Fsp3) is 0.684. The quantitative estimate of drug-likeness (QED) is 0.620. The largest absolute Gasteiger partial charge is 0.357 e. The molecule has 0 aromatic carbocycles. The second-order valence-electron chi connectivity index (χ2n) is 7.09. The molecule has 2 rings (SSSR count). The van der Waals surface area contributed by atoms with Crippen molar-refractivity contribution in [3.05, 3.63) is 29.6 Å². The van der Waals surface area contributed by atoms with E-state index in [0.29, 0.717) is 18.0 Å². The van der Waals surface area contributed by atoms with Gasteiger partial charge in [0.05, 0.1) is 0 Å². The van der Waals surface area contributed by atoms with Crippen molar-refractivity contribution in [3.63, 3.8) is 0 Å². The second-order valence-corrected chi connectivity index (χ2v) is 7.09. The minimum Gasteiger partial charge on any atom is -0.357 e. The topological polar surface area (TPSA) is 52.6 Å². The molecule has 0 amide bonds. The van der Waals surface area contributed by atoms with Gasteiger partial charge in [0.25, 0.3) is 0 Å². The summed E-state index contributed by atoms with van der Waals surface area (Å²) in [5, 5.41) is 7.02. The summed E-state index contributed by atoms with van der Waals surface area (Å²) in [4.78, 5) is 11.5. The lowest BCUT2D eigenvalue weighted by Crippen LogP contribution is -2.47. The summed E-state index contributed by atoms with van der Waals surface area (Å²) >= 11 is 0. The Morgan fingerprint density at radius 1 is 1.42 bits per heavy atom. The maximum atomic E-state index is 4.77. The van der Waals surface area contributed by atoms with Crippen molar-refractivity contribution < 1.29 is 0 Å². The van der Waals surface area contributed by atoms with E-state index >= 15 is 0 Å². The third kappa shape index (κ3) is 5.20. The lowest BCUT2D eigenvalue weighted by Gasteiger charge is -2.22. The summed E-state index contributed by atoms with van der Waals surface area (Å²) in [5.41, 5.74) is 2.56. The fourth-order valence-electron chi connectivity index (χ4n) is 3.18. The molecular formula is C19H33N5. The third-order valence-electron chi connectivity index (χ3n) is 4.82. The van der Waals surface area contributed by atoms with Crippen molar-refractivity contribution in [2.75, 3.05) is 26.2 Å². The molecule has 24 heavy (non-hydrogen) atoms. The van der Waals surface area contributed by atoms with E-state index in [-0.39, 0.29) is 0 Å². The Morgan fingerprint density at radius 2 is 2.21 bits per heavy atom. The molecule has 1 saturated heterocycles. The van der Waals surface area contributed by atoms with Gasteiger partial charge in [0.2, 0.25) is 0 Å². The fourth-order valence-corrected chi connectivity index (χ4v) is 3.18. The molecule has 2 N–H and O–H groups in total. The predicted octanol–water partition coefficient (Wildman–Crippen LogP) is 2.22. The molecule has 1 aromatic heterocycles. The molecule has 0 aliphatic carbocycles. The van der Waals surface area contributed by atoms with E-state index in [2.05, 4.69) is 61.2 Å². The van der Waals surface area contributed by atoms with Gasteiger partial charge in [-0.1, -0.05) is 6.92 Å². The van der Waals surface area contributed by atoms with E-state index < -0.39 is 0 Å². The first-order chi connectivity index (χ1) is 11.5. The average Bonchev–Trinajstić information content (AvgIpc) is 2.91. The van der Waals surface area contributed by atoms with Gasteiger partial charge in [-0.25, -0.2) is 0 Å². The first-order valence-corrected chi connectivity index (χ1v) is 9.19. The van der Waals surface area contributed by atoms with Crippen molar-refractivity contribution >= 4 is 5.96 Å². The predicted molar refractivity (Wildman–Crippen MR) is 101 cm³/mol. The van der Waals surface area contributed by atoms with Crippen LogP contribution in [0.4, 0.5) is 0 Å². The van der Waals surface area contributed by atoms with E-state index in [0.717, 1.165) is 38.6 Å². The van der Waals surface area contributed by atoms with Crippen molar-refractivity contribution in [1.29, 1.82) is 0 Å². The van der Waals surface area contributed by atoms with Crippen molar-refractivity contribution in [2.45, 2.75) is 53.1 Å². The number of pyridine rings is 1. The van der Waals surface area contributed by atoms with Crippen LogP contribution in [-0.4, -0.2) is 54.1 Å². The molecule has 2 heterocycles. The molecule has 1 fully saturated rings. The van der Waals surface area contributed by atoms with E-state index in [1.54, 1.807) is 0 Å². The molecule has 2 unspecified atom stereocenters. The van der Waals surface area contributed by atoms with Gasteiger partial charge in [0.1, 0.15) is 0 Å². The number of nitrogens with zero attached hydrogens (tertiary/aromatic N) is 3. The van der Waals surface area contributed by atoms with Gasteiger partial charge in [-0.2, -0.15) is 0 Å². The molecule has 0 bridgehead atoms. The summed E-state index contributed by atoms with van der Waals surface area (Å²) in [7, 11) is 0. The highest BCUT2D eigenvalue weighted by Crippen LogP contribution is 2.18. The molecular weight excluding hydrogens is 298 g/mol. The van der Waals surface area contributed by atoms with Crippen LogP contribution in [0.5, 0.6) is 0 Å². The smallest absolute Gasteiger partial charge is 0.191 e. The van der Waals surface area contributed by atoms with Crippen LogP contribution in [-0.2, 0) is 6.42 Å². The first kappa shape index (κ1) is 18.7. The van der Waals surface area contributed by atoms with Crippen molar-refractivity contribution in [3.8, 4) is 0 Å². The number of aryl methyl sites for hydroxylation is 1. The Balaban J connectivity index is 1.92. The van der Waals surface area contributed by atoms with Gasteiger partial charge in [0.15, 0.2) is 5.96 Å². The summed E-state index contributed by atoms with van der Waals surface area (Å²) in [6.07, 6.45) is 4.72. The molecule has 1 aliphatic heterocycles. The van der Waals surface area contributed by atoms with Crippen LogP contribution >= 0.6 is 0 Å². The van der Waals surface area contributed by atoms with Crippen LogP contribution in [0, 0.1) is 12.8 Å². The zero-order valence-electron chi connectivity index (χ0n) is 15.8. The van der Waals surface area contributed by atoms with Gasteiger partial charge in [-0.05, 0) is 57.2 Å². The zero-order chi connectivity index (χ0) is 17.5. The normalized spacial score (nSPS) is 22.2. The summed E-state index contributed by atoms with van der Waals surface area (Å²) in [6, 6.07) is 3.16. The highest BCUT2D eigenvalue weighted by atomic mass is 15.3. The minimum atomic E-state index is 0.466. The summed E-state index contributed by atoms with van der Waals surface area (Å²) in [6.45, 7) is 15.0. The Hall–Kier alpha value is -1.62. The van der Waals surface area contributed by atoms with Crippen LogP contribution < -0.4 is 10.6 Å². The number of hydrogen-bond donors (Lipinski definition) is 2. The summed E-state index contributed by atoms with van der Waals surface area (Å²) in [5.74, 6) is 1.57. The lowest BCUT2D eigenvalue weighted by atomic mass is 10.1. The summed E-state index contributed by atoms with van der Waals surface area (Å²) < 4.78 is 0. The van der Waals surface area contributed by atoms with Crippen LogP contribution in [0.15, 0.2) is 23.5 Å². The Morgan fingerprint density at radius 3 is 2.83 bits per heavy atom. The maximum absolute atomic E-state index is 4.77. The zero-order valence-corrected chi connectivity index (χ0v) is 15.8. The molecule has 134 valence electrons. The van der Waals surface area contributed by atoms with Crippen LogP contribution in [0.3, 0.4) is 0 Å². The van der Waals surface area contributed by atoms with Gasteiger partial charge >= 0.3 is 0 Å². The van der Waals surface area contributed by atoms with Crippen LogP contribution in [0.1, 0.15) is 38.8 Å². The number of nitrogens with one attached hydrogen (secondary N) is 2. The number of likely N-dealkylation sites (tertiary alicyclic amines) is 1. The van der Waals surface area contributed by atoms with E-state index in [1.165, 1.54) is 11.1 Å². The minimum absolute atomic E-state index is 0.466. The third-order valence-corrected chi connectivity index (χ3v) is 4.82. The lowest BCUT2D eigenvalue weighted by molar-refractivity contribution is 0.265. The number of rotatable bonds is 6. The molecule has 0 saturated carbocycles. The number of hydrogen-bond acceptors (Lipinski definition) is 3. The Bertz CT molecular complexity index is 540. The van der Waals surface area contributed by atoms with Crippen molar-refractivity contribution in [2.24, 2.45) is 10.9 Å². The number of aromatic nitrogens is 1. The van der Waals surface area contributed by atoms with Gasteiger partial charge < -0.3 is 10.6 Å². The average molecular weight is 332 g/mol. The maximum Gasteiger partial charge on any atom is 0.191 e. The van der Waals surface area contributed by atoms with Crippen molar-refractivity contribution in [1.82, 2.24) is 20.5 Å². The molecule has 0 radical (unpaired) electrons. The molecule has 0 spiro atoms. The molecule has 5 heteroatoms. The first-order valence-electron chi connectivity index (χ1n) is 9.19. The molecule has 1 aromatic rings. The molecule has 5 nitrogen and oxygen atoms in total. The number of guanidine groups is 1. The van der Waals surface area contributed by atoms with Crippen LogP contribution in [0.25, 0.3) is 0 Å². The van der Waals surface area contributed by atoms with E-state index in [1.807, 2.05) is 12.4 Å². The monoisotopic (exact) mass is 331 g/mol. The molecule has 2 atom stereocenters. The van der Waals surface area contributed by atoms with E-state index in [4.69, 9.17) is 4.99 Å². The standard InChI is InChI=1S/C19H33N5/c1-6-21-19(22-10-8-17-7-9-20-11-15(17)4)23-18-13-24(14(2)3)12-16(18)5/h7,9,11,14,16,18H,6,8,10,12-13H2,1-5H3,(H2,21,22,23). The second kappa shape index (κ2) is 9.02. The van der Waals surface area contributed by atoms with Gasteiger partial charge in [-0.3, -0.25) is 14.9 Å². The van der Waals surface area contributed by atoms with Crippen LogP contribution in [0.2, 0.25) is 0 Å².